The lowest BCUT2D eigenvalue weighted by Crippen LogP contribution is -2.60. The summed E-state index contributed by atoms with van der Waals surface area (Å²) in [6.07, 6.45) is 71.1. The number of hydrogen-bond acceptors (Lipinski definition) is 10. The van der Waals surface area contributed by atoms with E-state index in [1.807, 2.05) is 0 Å². The summed E-state index contributed by atoms with van der Waals surface area (Å²) >= 11 is 0. The molecule has 0 aromatic carbocycles. The van der Waals surface area contributed by atoms with Gasteiger partial charge in [0.05, 0.1) is 25.4 Å². The monoisotopic (exact) mass is 1220 g/mol. The molecule has 8 N–H and O–H groups in total. The molecular weight excluding hydrogens is 1070 g/mol. The summed E-state index contributed by atoms with van der Waals surface area (Å²) in [6.45, 7) is 3.50. The molecule has 0 aliphatic carbocycles. The molecule has 1 saturated heterocycles. The van der Waals surface area contributed by atoms with E-state index in [-0.39, 0.29) is 12.8 Å². The molecule has 1 fully saturated rings. The minimum absolute atomic E-state index is 0.243. The number of aliphatic hydroxyl groups excluding tert-OH is 7. The number of allylic oxidation sites excluding steroid dienone is 6. The predicted molar refractivity (Wildman–Crippen MR) is 362 cm³/mol. The maximum Gasteiger partial charge on any atom is 0.249 e. The molecule has 1 aliphatic heterocycles. The van der Waals surface area contributed by atoms with Crippen LogP contribution in [0.25, 0.3) is 0 Å². The van der Waals surface area contributed by atoms with Gasteiger partial charge >= 0.3 is 0 Å². The maximum absolute atomic E-state index is 13.3. The van der Waals surface area contributed by atoms with E-state index in [1.165, 1.54) is 276 Å². The second-order valence-electron chi connectivity index (χ2n) is 26.4. The number of unbranched alkanes of at least 4 members (excludes halogenated alkanes) is 48. The first-order valence-corrected chi connectivity index (χ1v) is 37.4. The summed E-state index contributed by atoms with van der Waals surface area (Å²) < 4.78 is 11.2. The van der Waals surface area contributed by atoms with E-state index in [4.69, 9.17) is 9.47 Å². The third-order valence-electron chi connectivity index (χ3n) is 18.2. The Morgan fingerprint density at radius 2 is 0.698 bits per heavy atom. The molecule has 0 aromatic heterocycles. The fourth-order valence-corrected chi connectivity index (χ4v) is 12.2. The number of hydrogen-bond donors (Lipinski definition) is 8. The predicted octanol–water partition coefficient (Wildman–Crippen LogP) is 18.5. The highest BCUT2D eigenvalue weighted by Crippen LogP contribution is 2.24. The van der Waals surface area contributed by atoms with Crippen LogP contribution in [0.4, 0.5) is 0 Å². The third-order valence-corrected chi connectivity index (χ3v) is 18.2. The Bertz CT molecular complexity index is 1490. The largest absolute Gasteiger partial charge is 0.394 e. The van der Waals surface area contributed by atoms with Crippen molar-refractivity contribution >= 4 is 5.91 Å². The van der Waals surface area contributed by atoms with Crippen LogP contribution in [0.2, 0.25) is 0 Å². The van der Waals surface area contributed by atoms with Gasteiger partial charge < -0.3 is 50.5 Å². The summed E-state index contributed by atoms with van der Waals surface area (Å²) in [5.41, 5.74) is 0. The van der Waals surface area contributed by atoms with Crippen LogP contribution in [0.1, 0.15) is 367 Å². The fraction of sp³-hybridized carbons (Fsp3) is 0.907. The van der Waals surface area contributed by atoms with E-state index >= 15 is 0 Å². The zero-order chi connectivity index (χ0) is 62.4. The van der Waals surface area contributed by atoms with Gasteiger partial charge in [-0.15, -0.1) is 0 Å². The van der Waals surface area contributed by atoms with E-state index in [0.29, 0.717) is 19.3 Å². The van der Waals surface area contributed by atoms with Crippen molar-refractivity contribution in [2.75, 3.05) is 13.2 Å². The lowest BCUT2D eigenvalue weighted by Gasteiger charge is -2.40. The Hall–Kier alpha value is -1.67. The average molecular weight is 1220 g/mol. The Kier molecular flexibility index (Phi) is 60.8. The van der Waals surface area contributed by atoms with Gasteiger partial charge in [-0.05, 0) is 64.2 Å². The smallest absolute Gasteiger partial charge is 0.249 e. The highest BCUT2D eigenvalue weighted by Gasteiger charge is 2.44. The van der Waals surface area contributed by atoms with Crippen molar-refractivity contribution in [1.29, 1.82) is 0 Å². The lowest BCUT2D eigenvalue weighted by atomic mass is 9.98. The normalized spacial score (nSPS) is 18.9. The second-order valence-corrected chi connectivity index (χ2v) is 26.4. The maximum atomic E-state index is 13.3. The van der Waals surface area contributed by atoms with Crippen molar-refractivity contribution in [2.45, 2.75) is 422 Å². The average Bonchev–Trinajstić information content (AvgIpc) is 3.04. The SMILES string of the molecule is CCCCCCCCCCCCCCCCCCCC/C=C/CC/C=C/CC/C=C/CCCC(O)C(O)C(COC1OC(CO)C(O)C(O)C1O)NC(=O)C(O)CCCCCCCCCCCCCCCCCCCCCCCCCCCCCC. The van der Waals surface area contributed by atoms with Crippen molar-refractivity contribution < 1.29 is 50.0 Å². The molecule has 1 aliphatic rings. The highest BCUT2D eigenvalue weighted by atomic mass is 16.7. The van der Waals surface area contributed by atoms with Gasteiger partial charge in [0.1, 0.15) is 36.6 Å². The molecule has 0 aromatic rings. The summed E-state index contributed by atoms with van der Waals surface area (Å²) in [7, 11) is 0. The molecule has 1 rings (SSSR count). The summed E-state index contributed by atoms with van der Waals surface area (Å²) in [4.78, 5) is 13.3. The molecule has 508 valence electrons. The Balaban J connectivity index is 2.21. The molecule has 1 heterocycles. The molecular formula is C75H143NO10. The molecule has 9 atom stereocenters. The summed E-state index contributed by atoms with van der Waals surface area (Å²) in [6, 6.07) is -1.19. The van der Waals surface area contributed by atoms with E-state index in [9.17, 15) is 40.5 Å². The highest BCUT2D eigenvalue weighted by molar-refractivity contribution is 5.80. The van der Waals surface area contributed by atoms with Crippen molar-refractivity contribution in [1.82, 2.24) is 5.32 Å². The van der Waals surface area contributed by atoms with Crippen molar-refractivity contribution in [3.05, 3.63) is 36.5 Å². The standard InChI is InChI=1S/C75H143NO10/c1-3-5-7-9-11-13-15-17-19-21-23-25-27-29-31-33-34-35-37-38-40-42-44-46-48-50-52-54-56-58-60-62-67(78)70(80)66(65-85-75-73(83)72(82)71(81)69(64-77)86-75)76-74(84)68(79)63-61-59-57-55-53-51-49-47-45-43-41-39-36-32-30-28-26-24-22-20-18-16-14-12-10-8-6-4-2/h38,40,46,48,54,56,66-73,75,77-83H,3-37,39,41-45,47,49-53,55,57-65H2,1-2H3,(H,76,84)/b40-38+,48-46+,56-54+. The first kappa shape index (κ1) is 82.3. The van der Waals surface area contributed by atoms with Gasteiger partial charge in [-0.2, -0.15) is 0 Å². The Morgan fingerprint density at radius 3 is 1.03 bits per heavy atom. The first-order chi connectivity index (χ1) is 42.2. The molecule has 0 bridgehead atoms. The Morgan fingerprint density at radius 1 is 0.395 bits per heavy atom. The van der Waals surface area contributed by atoms with Crippen LogP contribution in [0.3, 0.4) is 0 Å². The minimum atomic E-state index is -1.67. The molecule has 0 saturated carbocycles. The van der Waals surface area contributed by atoms with E-state index < -0.39 is 74.2 Å². The van der Waals surface area contributed by atoms with Crippen LogP contribution >= 0.6 is 0 Å². The molecule has 86 heavy (non-hydrogen) atoms. The van der Waals surface area contributed by atoms with Crippen LogP contribution in [0.5, 0.6) is 0 Å². The number of amides is 1. The zero-order valence-corrected chi connectivity index (χ0v) is 56.3. The first-order valence-electron chi connectivity index (χ1n) is 37.4. The van der Waals surface area contributed by atoms with Gasteiger partial charge in [-0.3, -0.25) is 4.79 Å². The van der Waals surface area contributed by atoms with Gasteiger partial charge in [-0.1, -0.05) is 339 Å². The lowest BCUT2D eigenvalue weighted by molar-refractivity contribution is -0.303. The van der Waals surface area contributed by atoms with Crippen molar-refractivity contribution in [2.24, 2.45) is 0 Å². The topological polar surface area (TPSA) is 189 Å². The molecule has 11 heteroatoms. The van der Waals surface area contributed by atoms with Gasteiger partial charge in [0.15, 0.2) is 6.29 Å². The molecule has 0 radical (unpaired) electrons. The van der Waals surface area contributed by atoms with Crippen molar-refractivity contribution in [3.63, 3.8) is 0 Å². The number of carbonyl (C=O) groups excluding carboxylic acids is 1. The zero-order valence-electron chi connectivity index (χ0n) is 56.3. The van der Waals surface area contributed by atoms with Crippen LogP contribution < -0.4 is 5.32 Å². The van der Waals surface area contributed by atoms with Crippen LogP contribution in [0.15, 0.2) is 36.5 Å². The molecule has 11 nitrogen and oxygen atoms in total. The van der Waals surface area contributed by atoms with Gasteiger partial charge in [0, 0.05) is 0 Å². The van der Waals surface area contributed by atoms with Crippen LogP contribution in [-0.4, -0.2) is 110 Å². The minimum Gasteiger partial charge on any atom is -0.394 e. The number of aliphatic hydroxyl groups is 7. The number of nitrogens with one attached hydrogen (secondary N) is 1. The summed E-state index contributed by atoms with van der Waals surface area (Å²) in [5, 5.41) is 76.6. The third kappa shape index (κ3) is 50.0. The van der Waals surface area contributed by atoms with Gasteiger partial charge in [0.25, 0.3) is 0 Å². The van der Waals surface area contributed by atoms with E-state index in [0.717, 1.165) is 44.9 Å². The van der Waals surface area contributed by atoms with Gasteiger partial charge in [-0.25, -0.2) is 0 Å². The number of ether oxygens (including phenoxy) is 2. The summed E-state index contributed by atoms with van der Waals surface area (Å²) in [5.74, 6) is -0.705. The van der Waals surface area contributed by atoms with Crippen LogP contribution in [-0.2, 0) is 14.3 Å². The fourth-order valence-electron chi connectivity index (χ4n) is 12.2. The molecule has 0 spiro atoms. The Labute approximate surface area is 530 Å². The molecule has 1 amide bonds. The van der Waals surface area contributed by atoms with Crippen LogP contribution in [0, 0.1) is 0 Å². The number of carbonyl (C=O) groups is 1. The second kappa shape index (κ2) is 63.5. The van der Waals surface area contributed by atoms with E-state index in [1.54, 1.807) is 0 Å². The van der Waals surface area contributed by atoms with E-state index in [2.05, 4.69) is 55.6 Å². The number of rotatable bonds is 66. The quantitative estimate of drug-likeness (QED) is 0.0215. The van der Waals surface area contributed by atoms with Crippen molar-refractivity contribution in [3.8, 4) is 0 Å². The molecule has 9 unspecified atom stereocenters. The van der Waals surface area contributed by atoms with Gasteiger partial charge in [0.2, 0.25) is 5.91 Å².